The SMILES string of the molecule is Cc1cccn2cc(COc3ccccc3C(=O)N3CCC(C4OCCO4)CC3)nc12. The second-order valence-corrected chi connectivity index (χ2v) is 8.18. The lowest BCUT2D eigenvalue weighted by Crippen LogP contribution is -2.41. The van der Waals surface area contributed by atoms with E-state index in [1.54, 1.807) is 0 Å². The highest BCUT2D eigenvalue weighted by molar-refractivity contribution is 5.97. The lowest BCUT2D eigenvalue weighted by atomic mass is 9.95. The minimum absolute atomic E-state index is 0.00755. The van der Waals surface area contributed by atoms with E-state index in [0.717, 1.165) is 29.7 Å². The fourth-order valence-corrected chi connectivity index (χ4v) is 4.39. The van der Waals surface area contributed by atoms with Gasteiger partial charge < -0.3 is 23.5 Å². The standard InChI is InChI=1S/C24H27N3O4/c1-17-5-4-10-27-15-19(25-22(17)27)16-31-21-7-3-2-6-20(21)23(28)26-11-8-18(9-12-26)24-29-13-14-30-24/h2-7,10,15,18,24H,8-9,11-14,16H2,1H3. The van der Waals surface area contributed by atoms with Crippen molar-refractivity contribution in [2.75, 3.05) is 26.3 Å². The number of rotatable bonds is 5. The lowest BCUT2D eigenvalue weighted by Gasteiger charge is -2.34. The quantitative estimate of drug-likeness (QED) is 0.631. The van der Waals surface area contributed by atoms with E-state index in [9.17, 15) is 4.79 Å². The molecule has 2 saturated heterocycles. The third-order valence-corrected chi connectivity index (χ3v) is 6.08. The van der Waals surface area contributed by atoms with Crippen LogP contribution in [0.2, 0.25) is 0 Å². The molecule has 2 aliphatic heterocycles. The molecule has 0 unspecified atom stereocenters. The Morgan fingerprint density at radius 1 is 1.13 bits per heavy atom. The van der Waals surface area contributed by atoms with Crippen LogP contribution in [0.3, 0.4) is 0 Å². The monoisotopic (exact) mass is 421 g/mol. The topological polar surface area (TPSA) is 65.3 Å². The van der Waals surface area contributed by atoms with Gasteiger partial charge >= 0.3 is 0 Å². The molecular formula is C24H27N3O4. The predicted octanol–water partition coefficient (Wildman–Crippen LogP) is 3.45. The first kappa shape index (κ1) is 20.0. The van der Waals surface area contributed by atoms with Crippen LogP contribution in [0, 0.1) is 12.8 Å². The van der Waals surface area contributed by atoms with Crippen LogP contribution in [-0.4, -0.2) is 52.8 Å². The summed E-state index contributed by atoms with van der Waals surface area (Å²) >= 11 is 0. The van der Waals surface area contributed by atoms with Crippen molar-refractivity contribution in [2.24, 2.45) is 5.92 Å². The molecule has 5 rings (SSSR count). The number of benzene rings is 1. The minimum Gasteiger partial charge on any atom is -0.486 e. The number of piperidine rings is 1. The molecule has 31 heavy (non-hydrogen) atoms. The molecule has 0 N–H and O–H groups in total. The summed E-state index contributed by atoms with van der Waals surface area (Å²) in [6.45, 7) is 5.08. The van der Waals surface area contributed by atoms with Gasteiger partial charge in [-0.25, -0.2) is 4.98 Å². The number of ether oxygens (including phenoxy) is 3. The molecule has 0 bridgehead atoms. The Morgan fingerprint density at radius 3 is 2.68 bits per heavy atom. The van der Waals surface area contributed by atoms with Gasteiger partial charge in [0, 0.05) is 31.4 Å². The highest BCUT2D eigenvalue weighted by atomic mass is 16.7. The molecule has 4 heterocycles. The molecule has 1 amide bonds. The molecule has 2 aliphatic rings. The van der Waals surface area contributed by atoms with Crippen molar-refractivity contribution >= 4 is 11.6 Å². The van der Waals surface area contributed by atoms with Crippen LogP contribution in [0.4, 0.5) is 0 Å². The number of likely N-dealkylation sites (tertiary alicyclic amines) is 1. The Kier molecular flexibility index (Phi) is 5.61. The van der Waals surface area contributed by atoms with Gasteiger partial charge in [0.25, 0.3) is 5.91 Å². The highest BCUT2D eigenvalue weighted by Gasteiger charge is 2.32. The summed E-state index contributed by atoms with van der Waals surface area (Å²) in [7, 11) is 0. The molecule has 0 radical (unpaired) electrons. The molecule has 162 valence electrons. The third-order valence-electron chi connectivity index (χ3n) is 6.08. The van der Waals surface area contributed by atoms with Crippen molar-refractivity contribution in [3.05, 3.63) is 65.6 Å². The summed E-state index contributed by atoms with van der Waals surface area (Å²) in [5.74, 6) is 0.954. The van der Waals surface area contributed by atoms with E-state index in [0.29, 0.717) is 50.1 Å². The largest absolute Gasteiger partial charge is 0.486 e. The fourth-order valence-electron chi connectivity index (χ4n) is 4.39. The molecule has 1 aromatic carbocycles. The summed E-state index contributed by atoms with van der Waals surface area (Å²) in [5.41, 5.74) is 3.45. The lowest BCUT2D eigenvalue weighted by molar-refractivity contribution is -0.0956. The summed E-state index contributed by atoms with van der Waals surface area (Å²) in [5, 5.41) is 0. The van der Waals surface area contributed by atoms with E-state index < -0.39 is 0 Å². The van der Waals surface area contributed by atoms with Crippen molar-refractivity contribution in [3.8, 4) is 5.75 Å². The number of imidazole rings is 1. The number of para-hydroxylation sites is 1. The average Bonchev–Trinajstić information content (AvgIpc) is 3.48. The maximum absolute atomic E-state index is 13.2. The van der Waals surface area contributed by atoms with Crippen molar-refractivity contribution in [3.63, 3.8) is 0 Å². The summed E-state index contributed by atoms with van der Waals surface area (Å²) in [4.78, 5) is 19.8. The van der Waals surface area contributed by atoms with Crippen LogP contribution >= 0.6 is 0 Å². The third kappa shape index (κ3) is 4.16. The average molecular weight is 421 g/mol. The zero-order chi connectivity index (χ0) is 21.2. The number of amides is 1. The summed E-state index contributed by atoms with van der Waals surface area (Å²) in [6.07, 6.45) is 5.61. The number of carbonyl (C=O) groups excluding carboxylic acids is 1. The van der Waals surface area contributed by atoms with E-state index >= 15 is 0 Å². The predicted molar refractivity (Wildman–Crippen MR) is 115 cm³/mol. The Bertz CT molecular complexity index is 1070. The number of carbonyl (C=O) groups is 1. The Morgan fingerprint density at radius 2 is 1.90 bits per heavy atom. The normalized spacial score (nSPS) is 18.0. The van der Waals surface area contributed by atoms with Gasteiger partial charge in [0.05, 0.1) is 24.5 Å². The van der Waals surface area contributed by atoms with Crippen LogP contribution in [0.5, 0.6) is 5.75 Å². The van der Waals surface area contributed by atoms with E-state index in [1.165, 1.54) is 0 Å². The fraction of sp³-hybridized carbons (Fsp3) is 0.417. The zero-order valence-electron chi connectivity index (χ0n) is 17.7. The Balaban J connectivity index is 1.25. The van der Waals surface area contributed by atoms with Crippen LogP contribution in [0.15, 0.2) is 48.8 Å². The van der Waals surface area contributed by atoms with E-state index in [1.807, 2.05) is 65.0 Å². The van der Waals surface area contributed by atoms with Crippen molar-refractivity contribution in [1.82, 2.24) is 14.3 Å². The number of fused-ring (bicyclic) bond motifs is 1. The second-order valence-electron chi connectivity index (χ2n) is 8.18. The number of hydrogen-bond acceptors (Lipinski definition) is 5. The van der Waals surface area contributed by atoms with E-state index in [-0.39, 0.29) is 12.2 Å². The van der Waals surface area contributed by atoms with E-state index in [4.69, 9.17) is 14.2 Å². The molecule has 7 nitrogen and oxygen atoms in total. The zero-order valence-corrected chi connectivity index (χ0v) is 17.7. The van der Waals surface area contributed by atoms with Crippen LogP contribution in [-0.2, 0) is 16.1 Å². The van der Waals surface area contributed by atoms with Gasteiger partial charge in [0.1, 0.15) is 18.0 Å². The second kappa shape index (κ2) is 8.69. The molecule has 0 spiro atoms. The number of aryl methyl sites for hydroxylation is 1. The first-order valence-electron chi connectivity index (χ1n) is 10.9. The molecule has 0 atom stereocenters. The van der Waals surface area contributed by atoms with Crippen molar-refractivity contribution in [2.45, 2.75) is 32.7 Å². The molecule has 2 aromatic heterocycles. The van der Waals surface area contributed by atoms with Gasteiger partial charge in [0.2, 0.25) is 0 Å². The van der Waals surface area contributed by atoms with Crippen LogP contribution < -0.4 is 4.74 Å². The maximum Gasteiger partial charge on any atom is 0.257 e. The van der Waals surface area contributed by atoms with Crippen molar-refractivity contribution in [1.29, 1.82) is 0 Å². The minimum atomic E-state index is -0.109. The van der Waals surface area contributed by atoms with Gasteiger partial charge in [-0.2, -0.15) is 0 Å². The molecule has 0 aliphatic carbocycles. The molecule has 7 heteroatoms. The van der Waals surface area contributed by atoms with Gasteiger partial charge in [-0.3, -0.25) is 4.79 Å². The number of hydrogen-bond donors (Lipinski definition) is 0. The molecule has 2 fully saturated rings. The van der Waals surface area contributed by atoms with Gasteiger partial charge in [-0.15, -0.1) is 0 Å². The van der Waals surface area contributed by atoms with Crippen molar-refractivity contribution < 1.29 is 19.0 Å². The van der Waals surface area contributed by atoms with Crippen LogP contribution in [0.1, 0.15) is 34.5 Å². The number of pyridine rings is 1. The van der Waals surface area contributed by atoms with Crippen LogP contribution in [0.25, 0.3) is 5.65 Å². The summed E-state index contributed by atoms with van der Waals surface area (Å²) < 4.78 is 19.3. The Hall–Kier alpha value is -2.90. The van der Waals surface area contributed by atoms with E-state index in [2.05, 4.69) is 4.98 Å². The van der Waals surface area contributed by atoms with Gasteiger partial charge in [0.15, 0.2) is 6.29 Å². The number of aromatic nitrogens is 2. The smallest absolute Gasteiger partial charge is 0.257 e. The molecule has 0 saturated carbocycles. The number of nitrogens with zero attached hydrogens (tertiary/aromatic N) is 3. The first-order valence-corrected chi connectivity index (χ1v) is 10.9. The van der Waals surface area contributed by atoms with Gasteiger partial charge in [-0.05, 0) is 43.5 Å². The molecule has 3 aromatic rings. The first-order chi connectivity index (χ1) is 15.2. The molecular weight excluding hydrogens is 394 g/mol. The maximum atomic E-state index is 13.2. The Labute approximate surface area is 181 Å². The van der Waals surface area contributed by atoms with Gasteiger partial charge in [-0.1, -0.05) is 18.2 Å². The highest BCUT2D eigenvalue weighted by Crippen LogP contribution is 2.28. The summed E-state index contributed by atoms with van der Waals surface area (Å²) in [6, 6.07) is 11.5.